The molecular weight excluding hydrogens is 777 g/mol. The first-order valence-electron chi connectivity index (χ1n) is 22.9. The first-order valence-corrected chi connectivity index (χ1v) is 23.8. The van der Waals surface area contributed by atoms with Crippen molar-refractivity contribution < 1.29 is 49.2 Å². The van der Waals surface area contributed by atoms with Crippen LogP contribution in [-0.4, -0.2) is 143 Å². The van der Waals surface area contributed by atoms with Gasteiger partial charge in [0.25, 0.3) is 0 Å². The summed E-state index contributed by atoms with van der Waals surface area (Å²) in [5.41, 5.74) is 2.07. The van der Waals surface area contributed by atoms with Gasteiger partial charge in [-0.1, -0.05) is 44.6 Å². The highest BCUT2D eigenvalue weighted by Gasteiger charge is 2.66. The van der Waals surface area contributed by atoms with Crippen LogP contribution in [0.1, 0.15) is 97.6 Å². The number of aryl methyl sites for hydroxylation is 1. The van der Waals surface area contributed by atoms with Crippen molar-refractivity contribution in [1.29, 1.82) is 0 Å². The van der Waals surface area contributed by atoms with Gasteiger partial charge in [0, 0.05) is 31.8 Å². The number of allylic oxidation sites excluding steroid dienone is 1. The number of aromatic nitrogens is 3. The van der Waals surface area contributed by atoms with Crippen molar-refractivity contribution in [3.05, 3.63) is 23.5 Å². The highest BCUT2D eigenvalue weighted by atomic mass is 32.2. The van der Waals surface area contributed by atoms with Crippen molar-refractivity contribution >= 4 is 11.8 Å². The predicted octanol–water partition coefficient (Wildman–Crippen LogP) is 3.22. The molecule has 9 aliphatic rings. The van der Waals surface area contributed by atoms with E-state index in [1.165, 1.54) is 51.5 Å². The van der Waals surface area contributed by atoms with Gasteiger partial charge in [-0.3, -0.25) is 9.58 Å². The number of fused-ring (bicyclic) bond motifs is 10. The predicted molar refractivity (Wildman–Crippen MR) is 216 cm³/mol. The zero-order valence-corrected chi connectivity index (χ0v) is 36.0. The van der Waals surface area contributed by atoms with Crippen LogP contribution < -0.4 is 0 Å². The molecular formula is C44H68N4O10S. The Morgan fingerprint density at radius 1 is 0.932 bits per heavy atom. The van der Waals surface area contributed by atoms with E-state index >= 15 is 0 Å². The number of aliphatic hydroxyl groups excluding tert-OH is 5. The van der Waals surface area contributed by atoms with Gasteiger partial charge in [0.15, 0.2) is 12.6 Å². The van der Waals surface area contributed by atoms with Crippen LogP contribution in [0.25, 0.3) is 0 Å². The number of rotatable bonds is 11. The lowest BCUT2D eigenvalue weighted by molar-refractivity contribution is -0.272. The Kier molecular flexibility index (Phi) is 11.4. The van der Waals surface area contributed by atoms with E-state index in [-0.39, 0.29) is 12.7 Å². The quantitative estimate of drug-likeness (QED) is 0.124. The molecule has 59 heavy (non-hydrogen) atoms. The fourth-order valence-corrected chi connectivity index (χ4v) is 15.8. The summed E-state index contributed by atoms with van der Waals surface area (Å²) in [6, 6.07) is 1.64. The van der Waals surface area contributed by atoms with Crippen LogP contribution in [-0.2, 0) is 36.8 Å². The molecule has 330 valence electrons. The molecule has 8 fully saturated rings. The minimum Gasteiger partial charge on any atom is -0.394 e. The summed E-state index contributed by atoms with van der Waals surface area (Å²) in [6.07, 6.45) is 8.68. The maximum absolute atomic E-state index is 11.0. The highest BCUT2D eigenvalue weighted by molar-refractivity contribution is 8.00. The number of hydrogen-bond acceptors (Lipinski definition) is 14. The molecule has 0 aromatic carbocycles. The van der Waals surface area contributed by atoms with Crippen LogP contribution in [0.3, 0.4) is 0 Å². The lowest BCUT2D eigenvalue weighted by Gasteiger charge is -2.58. The van der Waals surface area contributed by atoms with E-state index in [1.54, 1.807) is 16.5 Å². The van der Waals surface area contributed by atoms with Gasteiger partial charge in [-0.15, -0.1) is 16.9 Å². The molecule has 5 aliphatic heterocycles. The number of ether oxygens (including phenoxy) is 5. The minimum absolute atomic E-state index is 0.0196. The number of thioether (sulfide) groups is 1. The molecule has 1 aromatic heterocycles. The Labute approximate surface area is 352 Å². The van der Waals surface area contributed by atoms with Crippen LogP contribution >= 0.6 is 11.8 Å². The maximum Gasteiger partial charge on any atom is 0.188 e. The van der Waals surface area contributed by atoms with Crippen molar-refractivity contribution in [1.82, 2.24) is 19.9 Å². The van der Waals surface area contributed by atoms with Gasteiger partial charge < -0.3 is 49.2 Å². The third kappa shape index (κ3) is 7.21. The van der Waals surface area contributed by atoms with E-state index in [9.17, 15) is 25.5 Å². The van der Waals surface area contributed by atoms with Gasteiger partial charge in [0.1, 0.15) is 35.5 Å². The Hall–Kier alpha value is -1.21. The Morgan fingerprint density at radius 2 is 1.78 bits per heavy atom. The first kappa shape index (κ1) is 41.8. The molecule has 21 atom stereocenters. The van der Waals surface area contributed by atoms with Gasteiger partial charge in [-0.05, 0) is 111 Å². The molecule has 5 saturated heterocycles. The average molecular weight is 845 g/mol. The Morgan fingerprint density at radius 3 is 2.61 bits per heavy atom. The first-order chi connectivity index (χ1) is 28.4. The molecule has 10 unspecified atom stereocenters. The van der Waals surface area contributed by atoms with Crippen LogP contribution in [0, 0.1) is 46.3 Å². The minimum atomic E-state index is -1.44. The normalized spacial score (nSPS) is 51.5. The Balaban J connectivity index is 0.679. The summed E-state index contributed by atoms with van der Waals surface area (Å²) in [7, 11) is 0. The third-order valence-corrected chi connectivity index (χ3v) is 18.9. The molecule has 5 N–H and O–H groups in total. The van der Waals surface area contributed by atoms with Gasteiger partial charge in [0.05, 0.1) is 43.0 Å². The van der Waals surface area contributed by atoms with Crippen LogP contribution in [0.4, 0.5) is 0 Å². The second-order valence-electron chi connectivity index (χ2n) is 20.6. The van der Waals surface area contributed by atoms with E-state index in [4.69, 9.17) is 23.7 Å². The molecule has 0 radical (unpaired) electrons. The monoisotopic (exact) mass is 844 g/mol. The zero-order valence-electron chi connectivity index (χ0n) is 35.2. The molecule has 0 bridgehead atoms. The van der Waals surface area contributed by atoms with Crippen LogP contribution in [0.2, 0.25) is 0 Å². The van der Waals surface area contributed by atoms with E-state index < -0.39 is 66.5 Å². The molecule has 4 aliphatic carbocycles. The number of hydrogen-bond donors (Lipinski definition) is 5. The molecule has 1 aromatic rings. The molecule has 10 rings (SSSR count). The van der Waals surface area contributed by atoms with E-state index in [0.717, 1.165) is 78.6 Å². The van der Waals surface area contributed by atoms with Gasteiger partial charge >= 0.3 is 0 Å². The topological polar surface area (TPSA) is 185 Å². The summed E-state index contributed by atoms with van der Waals surface area (Å²) in [5, 5.41) is 60.2. The standard InChI is InChI=1S/C44H68N4O10S/c1-22-6-9-30-23(2)33-31(48(30)18-22)17-29-27-8-7-24-16-26(10-12-43(24,3)28(27)11-13-44(29,33)4)54-15-5-14-47-19-25(45-46-47)21-55-40-36(52)35(51)39(32(20-49)56-40)59-42-37(53)34(50)38-41(57-38)58-42/h7,19,22-23,26-42,49-53H,5-6,8-18,20-21H2,1-4H3/t22-,23+,26-,27?,28?,29?,30?,31?,32?,33?,34?,35+,36?,37-,38+,39+,40+,41?,42-,43-,44-/m0/s1. The lowest BCUT2D eigenvalue weighted by Crippen LogP contribution is -2.59. The van der Waals surface area contributed by atoms with Crippen LogP contribution in [0.5, 0.6) is 0 Å². The van der Waals surface area contributed by atoms with E-state index in [2.05, 4.69) is 49.0 Å². The SMILES string of the molecule is C[C@H]1CCC2[C@@H](C)C3C(CC4C5CC=C6C[C@@H](OCCCn7cc(CO[C@@H]8OC(CO)[C@@H](S[C@@H]9OC%10O[C@@H]%10C(O)[C@@H]9O)[C@H](O)C8O)nn7)CC[C@]6(C)C5CC[C@@]43C)N2C1. The molecule has 14 nitrogen and oxygen atoms in total. The largest absolute Gasteiger partial charge is 0.394 e. The number of aliphatic hydroxyl groups is 5. The average Bonchev–Trinajstić information content (AvgIpc) is 3.60. The van der Waals surface area contributed by atoms with Crippen molar-refractivity contribution in [3.63, 3.8) is 0 Å². The van der Waals surface area contributed by atoms with Crippen molar-refractivity contribution in [2.24, 2.45) is 46.3 Å². The second-order valence-corrected chi connectivity index (χ2v) is 21.9. The summed E-state index contributed by atoms with van der Waals surface area (Å²) < 4.78 is 30.8. The number of piperidine rings is 1. The molecule has 3 saturated carbocycles. The highest BCUT2D eigenvalue weighted by Crippen LogP contribution is 2.70. The van der Waals surface area contributed by atoms with E-state index in [0.29, 0.717) is 29.7 Å². The van der Waals surface area contributed by atoms with Crippen molar-refractivity contribution in [3.8, 4) is 0 Å². The zero-order chi connectivity index (χ0) is 41.0. The molecule has 15 heteroatoms. The maximum atomic E-state index is 11.0. The number of epoxide rings is 1. The van der Waals surface area contributed by atoms with Gasteiger partial charge in [-0.25, -0.2) is 0 Å². The summed E-state index contributed by atoms with van der Waals surface area (Å²) >= 11 is 0.980. The third-order valence-electron chi connectivity index (χ3n) is 17.4. The smallest absolute Gasteiger partial charge is 0.188 e. The van der Waals surface area contributed by atoms with E-state index in [1.807, 2.05) is 0 Å². The lowest BCUT2D eigenvalue weighted by atomic mass is 9.47. The van der Waals surface area contributed by atoms with Crippen molar-refractivity contribution in [2.75, 3.05) is 19.8 Å². The number of nitrogens with zero attached hydrogens (tertiary/aromatic N) is 4. The second kappa shape index (κ2) is 16.1. The van der Waals surface area contributed by atoms with Crippen molar-refractivity contribution in [2.45, 2.75) is 183 Å². The summed E-state index contributed by atoms with van der Waals surface area (Å²) in [5.74, 6) is 5.05. The fourth-order valence-electron chi connectivity index (χ4n) is 14.3. The van der Waals surface area contributed by atoms with Gasteiger partial charge in [0.2, 0.25) is 0 Å². The fraction of sp³-hybridized carbons (Fsp3) is 0.909. The van der Waals surface area contributed by atoms with Crippen LogP contribution in [0.15, 0.2) is 17.8 Å². The summed E-state index contributed by atoms with van der Waals surface area (Å²) in [6.45, 7) is 12.6. The summed E-state index contributed by atoms with van der Waals surface area (Å²) in [4.78, 5) is 3.01. The molecule has 6 heterocycles. The van der Waals surface area contributed by atoms with Gasteiger partial charge in [-0.2, -0.15) is 0 Å². The molecule has 0 amide bonds. The Bertz CT molecular complexity index is 1700. The molecule has 0 spiro atoms.